The molecule has 0 saturated heterocycles. The van der Waals surface area contributed by atoms with Gasteiger partial charge in [0.1, 0.15) is 15.6 Å². The van der Waals surface area contributed by atoms with E-state index in [1.807, 2.05) is 55.5 Å². The third-order valence-electron chi connectivity index (χ3n) is 4.41. The van der Waals surface area contributed by atoms with Crippen LogP contribution in [0.25, 0.3) is 11.0 Å². The van der Waals surface area contributed by atoms with Gasteiger partial charge in [0.2, 0.25) is 0 Å². The number of nitrogens with one attached hydrogen (secondary N) is 1. The van der Waals surface area contributed by atoms with Gasteiger partial charge in [0.15, 0.2) is 5.76 Å². The number of carbonyl (C=O) groups excluding carboxylic acids is 1. The van der Waals surface area contributed by atoms with Gasteiger partial charge in [-0.15, -0.1) is 10.2 Å². The fourth-order valence-electron chi connectivity index (χ4n) is 3.01. The molecule has 4 aromatic rings. The molecule has 1 amide bonds. The van der Waals surface area contributed by atoms with Crippen molar-refractivity contribution in [1.29, 1.82) is 0 Å². The average Bonchev–Trinajstić information content (AvgIpc) is 3.32. The van der Waals surface area contributed by atoms with Gasteiger partial charge in [0.05, 0.1) is 6.54 Å². The molecular weight excluding hydrogens is 372 g/mol. The van der Waals surface area contributed by atoms with Crippen molar-refractivity contribution in [2.75, 3.05) is 12.4 Å². The fraction of sp³-hybridized carbons (Fsp3) is 0.190. The largest absolute Gasteiger partial charge is 0.451 e. The predicted octanol–water partition coefficient (Wildman–Crippen LogP) is 4.48. The summed E-state index contributed by atoms with van der Waals surface area (Å²) < 4.78 is 5.71. The molecule has 1 N–H and O–H groups in total. The van der Waals surface area contributed by atoms with Crippen LogP contribution in [0.2, 0.25) is 0 Å². The summed E-state index contributed by atoms with van der Waals surface area (Å²) in [4.78, 5) is 14.5. The Bertz CT molecular complexity index is 1090. The van der Waals surface area contributed by atoms with E-state index in [1.54, 1.807) is 29.4 Å². The van der Waals surface area contributed by atoms with Crippen molar-refractivity contribution in [3.8, 4) is 0 Å². The number of fused-ring (bicyclic) bond motifs is 1. The molecule has 0 saturated carbocycles. The van der Waals surface area contributed by atoms with E-state index in [0.717, 1.165) is 26.7 Å². The lowest BCUT2D eigenvalue weighted by molar-refractivity contribution is 0.0756. The van der Waals surface area contributed by atoms with Gasteiger partial charge in [0, 0.05) is 24.7 Å². The van der Waals surface area contributed by atoms with Crippen LogP contribution in [0.15, 0.2) is 59.0 Å². The third kappa shape index (κ3) is 3.89. The van der Waals surface area contributed by atoms with E-state index in [1.165, 1.54) is 0 Å². The van der Waals surface area contributed by atoms with E-state index in [2.05, 4.69) is 15.5 Å². The summed E-state index contributed by atoms with van der Waals surface area (Å²) in [5.74, 6) is 0.198. The van der Waals surface area contributed by atoms with Crippen LogP contribution in [0.3, 0.4) is 0 Å². The minimum atomic E-state index is -0.147. The van der Waals surface area contributed by atoms with Gasteiger partial charge >= 0.3 is 0 Å². The smallest absolute Gasteiger partial charge is 0.289 e. The number of para-hydroxylation sites is 2. The molecule has 0 aliphatic carbocycles. The molecule has 142 valence electrons. The van der Waals surface area contributed by atoms with Crippen molar-refractivity contribution in [3.63, 3.8) is 0 Å². The molecule has 2 aromatic heterocycles. The maximum absolute atomic E-state index is 12.8. The van der Waals surface area contributed by atoms with Crippen molar-refractivity contribution in [1.82, 2.24) is 15.1 Å². The van der Waals surface area contributed by atoms with E-state index in [-0.39, 0.29) is 5.91 Å². The molecule has 0 unspecified atom stereocenters. The molecule has 0 aliphatic rings. The number of nitrogens with zero attached hydrogens (tertiary/aromatic N) is 3. The highest BCUT2D eigenvalue weighted by Crippen LogP contribution is 2.22. The summed E-state index contributed by atoms with van der Waals surface area (Å²) in [6, 6.07) is 17.4. The molecule has 0 aliphatic heterocycles. The molecule has 2 heterocycles. The zero-order valence-electron chi connectivity index (χ0n) is 15.7. The van der Waals surface area contributed by atoms with E-state index in [4.69, 9.17) is 4.42 Å². The number of aryl methyl sites for hydroxylation is 1. The quantitative estimate of drug-likeness (QED) is 0.524. The number of furan rings is 1. The van der Waals surface area contributed by atoms with Gasteiger partial charge in [-0.05, 0) is 30.7 Å². The van der Waals surface area contributed by atoms with Crippen LogP contribution in [0.1, 0.15) is 26.1 Å². The van der Waals surface area contributed by atoms with Crippen molar-refractivity contribution in [2.45, 2.75) is 20.0 Å². The topological polar surface area (TPSA) is 71.3 Å². The second-order valence-corrected chi connectivity index (χ2v) is 7.80. The lowest BCUT2D eigenvalue weighted by atomic mass is 10.1. The highest BCUT2D eigenvalue weighted by molar-refractivity contribution is 7.11. The van der Waals surface area contributed by atoms with Crippen molar-refractivity contribution < 1.29 is 9.21 Å². The molecule has 0 atom stereocenters. The Kier molecular flexibility index (Phi) is 5.08. The second kappa shape index (κ2) is 7.82. The van der Waals surface area contributed by atoms with Crippen molar-refractivity contribution in [3.05, 3.63) is 75.9 Å². The third-order valence-corrected chi connectivity index (χ3v) is 5.24. The Labute approximate surface area is 166 Å². The SMILES string of the molecule is Cc1nnc(CNc2ccccc2CN(C)C(=O)c2cc3ccccc3o2)s1. The minimum absolute atomic E-state index is 0.147. The van der Waals surface area contributed by atoms with Gasteiger partial charge in [0.25, 0.3) is 5.91 Å². The molecular formula is C21H20N4O2S. The summed E-state index contributed by atoms with van der Waals surface area (Å²) in [5.41, 5.74) is 2.71. The maximum Gasteiger partial charge on any atom is 0.289 e. The van der Waals surface area contributed by atoms with Crippen LogP contribution in [0.4, 0.5) is 5.69 Å². The first-order valence-electron chi connectivity index (χ1n) is 8.95. The minimum Gasteiger partial charge on any atom is -0.451 e. The first kappa shape index (κ1) is 18.2. The Morgan fingerprint density at radius 1 is 1.14 bits per heavy atom. The number of aromatic nitrogens is 2. The van der Waals surface area contributed by atoms with Crippen LogP contribution in [0, 0.1) is 6.92 Å². The summed E-state index contributed by atoms with van der Waals surface area (Å²) in [7, 11) is 1.78. The van der Waals surface area contributed by atoms with Crippen molar-refractivity contribution in [2.24, 2.45) is 0 Å². The molecule has 0 spiro atoms. The van der Waals surface area contributed by atoms with Crippen LogP contribution >= 0.6 is 11.3 Å². The van der Waals surface area contributed by atoms with E-state index in [0.29, 0.717) is 24.4 Å². The fourth-order valence-corrected chi connectivity index (χ4v) is 3.66. The van der Waals surface area contributed by atoms with E-state index >= 15 is 0 Å². The molecule has 4 rings (SSSR count). The molecule has 0 fully saturated rings. The summed E-state index contributed by atoms with van der Waals surface area (Å²) in [6.07, 6.45) is 0. The summed E-state index contributed by atoms with van der Waals surface area (Å²) in [5, 5.41) is 14.4. The zero-order valence-corrected chi connectivity index (χ0v) is 16.5. The first-order valence-corrected chi connectivity index (χ1v) is 9.76. The molecule has 0 radical (unpaired) electrons. The Balaban J connectivity index is 1.47. The molecule has 6 nitrogen and oxygen atoms in total. The lowest BCUT2D eigenvalue weighted by Gasteiger charge is -2.18. The number of amides is 1. The predicted molar refractivity (Wildman–Crippen MR) is 110 cm³/mol. The van der Waals surface area contributed by atoms with Gasteiger partial charge in [-0.1, -0.05) is 47.7 Å². The monoisotopic (exact) mass is 392 g/mol. The Hall–Kier alpha value is -3.19. The second-order valence-electron chi connectivity index (χ2n) is 6.54. The Morgan fingerprint density at radius 2 is 1.93 bits per heavy atom. The summed E-state index contributed by atoms with van der Waals surface area (Å²) >= 11 is 1.57. The number of rotatable bonds is 6. The Morgan fingerprint density at radius 3 is 2.71 bits per heavy atom. The van der Waals surface area contributed by atoms with Crippen LogP contribution in [-0.4, -0.2) is 28.1 Å². The molecule has 2 aromatic carbocycles. The number of anilines is 1. The van der Waals surface area contributed by atoms with Crippen LogP contribution < -0.4 is 5.32 Å². The normalized spacial score (nSPS) is 10.9. The van der Waals surface area contributed by atoms with Gasteiger partial charge in [-0.25, -0.2) is 0 Å². The van der Waals surface area contributed by atoms with Crippen molar-refractivity contribution >= 4 is 33.9 Å². The standard InChI is InChI=1S/C21H20N4O2S/c1-14-23-24-20(28-14)12-22-17-9-5-3-8-16(17)13-25(2)21(26)19-11-15-7-4-6-10-18(15)27-19/h3-11,22H,12-13H2,1-2H3. The van der Waals surface area contributed by atoms with Gasteiger partial charge < -0.3 is 14.6 Å². The average molecular weight is 392 g/mol. The van der Waals surface area contributed by atoms with Crippen LogP contribution in [0.5, 0.6) is 0 Å². The molecule has 7 heteroatoms. The number of hydrogen-bond acceptors (Lipinski definition) is 6. The lowest BCUT2D eigenvalue weighted by Crippen LogP contribution is -2.26. The highest BCUT2D eigenvalue weighted by atomic mass is 32.1. The number of benzene rings is 2. The first-order chi connectivity index (χ1) is 13.6. The van der Waals surface area contributed by atoms with E-state index in [9.17, 15) is 4.79 Å². The van der Waals surface area contributed by atoms with E-state index < -0.39 is 0 Å². The van der Waals surface area contributed by atoms with Crippen LogP contribution in [-0.2, 0) is 13.1 Å². The number of hydrogen-bond donors (Lipinski definition) is 1. The van der Waals surface area contributed by atoms with Gasteiger partial charge in [-0.2, -0.15) is 0 Å². The molecule has 28 heavy (non-hydrogen) atoms. The highest BCUT2D eigenvalue weighted by Gasteiger charge is 2.18. The number of carbonyl (C=O) groups is 1. The molecule has 0 bridgehead atoms. The summed E-state index contributed by atoms with van der Waals surface area (Å²) in [6.45, 7) is 3.01. The maximum atomic E-state index is 12.8. The zero-order chi connectivity index (χ0) is 19.5. The van der Waals surface area contributed by atoms with Gasteiger partial charge in [-0.3, -0.25) is 4.79 Å².